The van der Waals surface area contributed by atoms with E-state index in [1.165, 1.54) is 0 Å². The van der Waals surface area contributed by atoms with Crippen LogP contribution in [0, 0.1) is 5.41 Å². The zero-order chi connectivity index (χ0) is 13.2. The van der Waals surface area contributed by atoms with Crippen LogP contribution >= 0.6 is 0 Å². The lowest BCUT2D eigenvalue weighted by Gasteiger charge is -2.28. The molecule has 18 heavy (non-hydrogen) atoms. The quantitative estimate of drug-likeness (QED) is 0.890. The van der Waals surface area contributed by atoms with E-state index in [1.54, 1.807) is 13.8 Å². The molecule has 0 unspecified atom stereocenters. The lowest BCUT2D eigenvalue weighted by Crippen LogP contribution is -2.39. The number of carboxylic acids is 1. The van der Waals surface area contributed by atoms with Crippen LogP contribution in [0.25, 0.3) is 0 Å². The molecule has 0 bridgehead atoms. The third-order valence-corrected chi connectivity index (χ3v) is 3.23. The summed E-state index contributed by atoms with van der Waals surface area (Å²) in [5.74, 6) is 0.147. The molecule has 0 saturated carbocycles. The molecule has 1 heterocycles. The summed E-state index contributed by atoms with van der Waals surface area (Å²) in [7, 11) is 0. The lowest BCUT2D eigenvalue weighted by molar-refractivity contribution is -0.148. The van der Waals surface area contributed by atoms with Crippen molar-refractivity contribution in [2.24, 2.45) is 5.41 Å². The van der Waals surface area contributed by atoms with Gasteiger partial charge in [0.2, 0.25) is 0 Å². The maximum Gasteiger partial charge on any atom is 0.310 e. The second kappa shape index (κ2) is 4.98. The van der Waals surface area contributed by atoms with Crippen molar-refractivity contribution in [1.29, 1.82) is 0 Å². The summed E-state index contributed by atoms with van der Waals surface area (Å²) < 4.78 is 5.66. The summed E-state index contributed by atoms with van der Waals surface area (Å²) >= 11 is 0. The molecule has 1 aliphatic heterocycles. The largest absolute Gasteiger partial charge is 0.492 e. The molecular weight excluding hydrogens is 230 g/mol. The lowest BCUT2D eigenvalue weighted by atomic mass is 9.93. The van der Waals surface area contributed by atoms with Crippen LogP contribution in [0.2, 0.25) is 0 Å². The van der Waals surface area contributed by atoms with Gasteiger partial charge in [-0.2, -0.15) is 0 Å². The van der Waals surface area contributed by atoms with Gasteiger partial charge in [-0.15, -0.1) is 0 Å². The fourth-order valence-electron chi connectivity index (χ4n) is 2.14. The van der Waals surface area contributed by atoms with E-state index in [9.17, 15) is 9.90 Å². The molecule has 1 aliphatic rings. The summed E-state index contributed by atoms with van der Waals surface area (Å²) in [5.41, 5.74) is 0.385. The number of benzene rings is 1. The van der Waals surface area contributed by atoms with Crippen molar-refractivity contribution in [3.63, 3.8) is 0 Å². The van der Waals surface area contributed by atoms with Gasteiger partial charge in [-0.1, -0.05) is 18.2 Å². The highest BCUT2D eigenvalue weighted by molar-refractivity contribution is 5.73. The van der Waals surface area contributed by atoms with E-state index in [0.717, 1.165) is 24.4 Å². The predicted molar refractivity (Wildman–Crippen MR) is 68.6 cm³/mol. The van der Waals surface area contributed by atoms with E-state index in [-0.39, 0.29) is 0 Å². The summed E-state index contributed by atoms with van der Waals surface area (Å²) in [6, 6.07) is 7.92. The Bertz CT molecular complexity index is 442. The first kappa shape index (κ1) is 12.9. The molecule has 0 radical (unpaired) electrons. The molecular formula is C14H19NO3. The van der Waals surface area contributed by atoms with Crippen molar-refractivity contribution in [3.05, 3.63) is 29.8 Å². The number of ether oxygens (including phenoxy) is 1. The summed E-state index contributed by atoms with van der Waals surface area (Å²) in [6.07, 6.45) is 0. The summed E-state index contributed by atoms with van der Waals surface area (Å²) in [6.45, 7) is 6.14. The topological polar surface area (TPSA) is 49.8 Å². The monoisotopic (exact) mass is 249 g/mol. The van der Waals surface area contributed by atoms with E-state index in [2.05, 4.69) is 4.90 Å². The second-order valence-electron chi connectivity index (χ2n) is 5.36. The highest BCUT2D eigenvalue weighted by Crippen LogP contribution is 2.25. The van der Waals surface area contributed by atoms with Crippen molar-refractivity contribution >= 4 is 5.97 Å². The van der Waals surface area contributed by atoms with Gasteiger partial charge in [-0.25, -0.2) is 0 Å². The van der Waals surface area contributed by atoms with Gasteiger partial charge in [0.25, 0.3) is 0 Å². The highest BCUT2D eigenvalue weighted by atomic mass is 16.5. The van der Waals surface area contributed by atoms with Gasteiger partial charge in [-0.05, 0) is 19.9 Å². The normalized spacial score (nSPS) is 16.6. The van der Waals surface area contributed by atoms with E-state index < -0.39 is 11.4 Å². The molecule has 1 aromatic carbocycles. The molecule has 0 aromatic heterocycles. The van der Waals surface area contributed by atoms with Gasteiger partial charge in [0.15, 0.2) is 0 Å². The molecule has 1 aromatic rings. The van der Waals surface area contributed by atoms with Crippen LogP contribution in [0.5, 0.6) is 5.75 Å². The van der Waals surface area contributed by atoms with Crippen molar-refractivity contribution < 1.29 is 14.6 Å². The smallest absolute Gasteiger partial charge is 0.310 e. The van der Waals surface area contributed by atoms with Crippen molar-refractivity contribution in [2.45, 2.75) is 20.4 Å². The van der Waals surface area contributed by atoms with Crippen molar-refractivity contribution in [3.8, 4) is 5.75 Å². The molecule has 0 fully saturated rings. The Labute approximate surface area is 107 Å². The van der Waals surface area contributed by atoms with Crippen LogP contribution in [0.4, 0.5) is 0 Å². The average molecular weight is 249 g/mol. The molecule has 0 saturated heterocycles. The second-order valence-corrected chi connectivity index (χ2v) is 5.36. The highest BCUT2D eigenvalue weighted by Gasteiger charge is 2.30. The van der Waals surface area contributed by atoms with Gasteiger partial charge in [0.05, 0.1) is 5.41 Å². The summed E-state index contributed by atoms with van der Waals surface area (Å²) in [5, 5.41) is 9.18. The first-order valence-corrected chi connectivity index (χ1v) is 6.15. The fraction of sp³-hybridized carbons (Fsp3) is 0.500. The minimum absolute atomic E-state index is 0.528. The molecule has 0 atom stereocenters. The van der Waals surface area contributed by atoms with Gasteiger partial charge in [0.1, 0.15) is 12.4 Å². The Morgan fingerprint density at radius 1 is 1.44 bits per heavy atom. The fourth-order valence-corrected chi connectivity index (χ4v) is 2.14. The van der Waals surface area contributed by atoms with Gasteiger partial charge < -0.3 is 9.84 Å². The molecule has 0 amide bonds. The SMILES string of the molecule is CC(C)(CN1CCOc2ccccc2C1)C(=O)O. The third-order valence-electron chi connectivity index (χ3n) is 3.23. The molecule has 98 valence electrons. The number of para-hydroxylation sites is 1. The zero-order valence-electron chi connectivity index (χ0n) is 10.8. The number of carbonyl (C=O) groups is 1. The third kappa shape index (κ3) is 2.82. The van der Waals surface area contributed by atoms with E-state index in [4.69, 9.17) is 4.74 Å². The van der Waals surface area contributed by atoms with Gasteiger partial charge in [0, 0.05) is 25.2 Å². The number of rotatable bonds is 3. The Morgan fingerprint density at radius 3 is 2.89 bits per heavy atom. The minimum Gasteiger partial charge on any atom is -0.492 e. The van der Waals surface area contributed by atoms with E-state index in [1.807, 2.05) is 24.3 Å². The van der Waals surface area contributed by atoms with Crippen LogP contribution in [0.15, 0.2) is 24.3 Å². The summed E-state index contributed by atoms with van der Waals surface area (Å²) in [4.78, 5) is 13.3. The number of aliphatic carboxylic acids is 1. The first-order chi connectivity index (χ1) is 8.49. The maximum atomic E-state index is 11.2. The Hall–Kier alpha value is -1.55. The zero-order valence-corrected chi connectivity index (χ0v) is 10.8. The van der Waals surface area contributed by atoms with E-state index >= 15 is 0 Å². The average Bonchev–Trinajstić information content (AvgIpc) is 2.49. The van der Waals surface area contributed by atoms with Crippen LogP contribution in [-0.2, 0) is 11.3 Å². The van der Waals surface area contributed by atoms with Crippen LogP contribution in [-0.4, -0.2) is 35.7 Å². The molecule has 4 heteroatoms. The number of hydrogen-bond donors (Lipinski definition) is 1. The number of carboxylic acid groups (broad SMARTS) is 1. The molecule has 2 rings (SSSR count). The number of hydrogen-bond acceptors (Lipinski definition) is 3. The van der Waals surface area contributed by atoms with Crippen LogP contribution in [0.3, 0.4) is 0 Å². The van der Waals surface area contributed by atoms with Crippen LogP contribution < -0.4 is 4.74 Å². The van der Waals surface area contributed by atoms with Gasteiger partial charge >= 0.3 is 5.97 Å². The van der Waals surface area contributed by atoms with Crippen molar-refractivity contribution in [1.82, 2.24) is 4.90 Å². The minimum atomic E-state index is -0.763. The van der Waals surface area contributed by atoms with Crippen molar-refractivity contribution in [2.75, 3.05) is 19.7 Å². The van der Waals surface area contributed by atoms with E-state index in [0.29, 0.717) is 13.2 Å². The Balaban J connectivity index is 2.11. The van der Waals surface area contributed by atoms with Gasteiger partial charge in [-0.3, -0.25) is 9.69 Å². The number of fused-ring (bicyclic) bond motifs is 1. The Kier molecular flexibility index (Phi) is 3.57. The maximum absolute atomic E-state index is 11.2. The molecule has 1 N–H and O–H groups in total. The molecule has 0 aliphatic carbocycles. The predicted octanol–water partition coefficient (Wildman–Crippen LogP) is 1.99. The number of nitrogens with zero attached hydrogens (tertiary/aromatic N) is 1. The molecule has 4 nitrogen and oxygen atoms in total. The molecule has 0 spiro atoms. The Morgan fingerprint density at radius 2 is 2.17 bits per heavy atom. The standard InChI is InChI=1S/C14H19NO3/c1-14(2,13(16)17)10-15-7-8-18-12-6-4-3-5-11(12)9-15/h3-6H,7-10H2,1-2H3,(H,16,17). The first-order valence-electron chi connectivity index (χ1n) is 6.15. The van der Waals surface area contributed by atoms with Crippen LogP contribution in [0.1, 0.15) is 19.4 Å².